The fourth-order valence-electron chi connectivity index (χ4n) is 3.12. The quantitative estimate of drug-likeness (QED) is 0.867. The van der Waals surface area contributed by atoms with Gasteiger partial charge >= 0.3 is 0 Å². The minimum absolute atomic E-state index is 0.105. The van der Waals surface area contributed by atoms with Gasteiger partial charge in [0.25, 0.3) is 0 Å². The van der Waals surface area contributed by atoms with Crippen LogP contribution in [-0.4, -0.2) is 11.2 Å². The van der Waals surface area contributed by atoms with Crippen LogP contribution in [-0.2, 0) is 4.74 Å². The van der Waals surface area contributed by atoms with E-state index in [4.69, 9.17) is 33.7 Å². The molecule has 0 saturated carbocycles. The molecule has 2 atom stereocenters. The topological polar surface area (TPSA) is 35.2 Å². The maximum Gasteiger partial charge on any atom is 0.0680 e. The SMILES string of the molecule is CC1(C)CC(C(N)c2ccc(Cl)c(Cl)c2)C(C)(C)O1. The van der Waals surface area contributed by atoms with Crippen molar-refractivity contribution in [3.05, 3.63) is 33.8 Å². The van der Waals surface area contributed by atoms with Crippen LogP contribution in [0, 0.1) is 5.92 Å². The molecule has 0 amide bonds. The summed E-state index contributed by atoms with van der Waals surface area (Å²) >= 11 is 12.0. The second-order valence-electron chi connectivity index (χ2n) is 6.48. The van der Waals surface area contributed by atoms with Crippen molar-refractivity contribution in [2.75, 3.05) is 0 Å². The third kappa shape index (κ3) is 3.08. The van der Waals surface area contributed by atoms with Crippen molar-refractivity contribution in [1.82, 2.24) is 0 Å². The highest BCUT2D eigenvalue weighted by Gasteiger charge is 2.48. The number of nitrogens with two attached hydrogens (primary N) is 1. The summed E-state index contributed by atoms with van der Waals surface area (Å²) in [6.45, 7) is 8.42. The number of halogens is 2. The highest BCUT2D eigenvalue weighted by atomic mass is 35.5. The normalized spacial score (nSPS) is 26.4. The van der Waals surface area contributed by atoms with Gasteiger partial charge in [-0.25, -0.2) is 0 Å². The Morgan fingerprint density at radius 1 is 1.21 bits per heavy atom. The maximum absolute atomic E-state index is 6.43. The lowest BCUT2D eigenvalue weighted by molar-refractivity contribution is -0.0767. The van der Waals surface area contributed by atoms with E-state index in [0.717, 1.165) is 12.0 Å². The smallest absolute Gasteiger partial charge is 0.0680 e. The van der Waals surface area contributed by atoms with E-state index >= 15 is 0 Å². The van der Waals surface area contributed by atoms with E-state index in [1.54, 1.807) is 6.07 Å². The Hall–Kier alpha value is -0.280. The largest absolute Gasteiger partial charge is 0.369 e. The van der Waals surface area contributed by atoms with Gasteiger partial charge in [-0.2, -0.15) is 0 Å². The van der Waals surface area contributed by atoms with Crippen molar-refractivity contribution >= 4 is 23.2 Å². The third-order valence-electron chi connectivity index (χ3n) is 3.91. The molecular formula is C15H21Cl2NO. The number of rotatable bonds is 2. The van der Waals surface area contributed by atoms with Crippen molar-refractivity contribution in [2.45, 2.75) is 51.4 Å². The molecule has 0 spiro atoms. The fraction of sp³-hybridized carbons (Fsp3) is 0.600. The molecule has 2 unspecified atom stereocenters. The van der Waals surface area contributed by atoms with Gasteiger partial charge in [-0.3, -0.25) is 0 Å². The van der Waals surface area contributed by atoms with Crippen molar-refractivity contribution < 1.29 is 4.74 Å². The summed E-state index contributed by atoms with van der Waals surface area (Å²) in [5.74, 6) is 0.250. The van der Waals surface area contributed by atoms with Gasteiger partial charge in [0, 0.05) is 12.0 Å². The number of hydrogen-bond acceptors (Lipinski definition) is 2. The van der Waals surface area contributed by atoms with E-state index in [2.05, 4.69) is 27.7 Å². The highest BCUT2D eigenvalue weighted by Crippen LogP contribution is 2.47. The first-order valence-electron chi connectivity index (χ1n) is 6.53. The van der Waals surface area contributed by atoms with Crippen LogP contribution in [0.5, 0.6) is 0 Å². The molecular weight excluding hydrogens is 281 g/mol. The molecule has 1 aromatic rings. The van der Waals surface area contributed by atoms with Crippen LogP contribution in [0.1, 0.15) is 45.7 Å². The van der Waals surface area contributed by atoms with E-state index in [1.807, 2.05) is 12.1 Å². The average Bonchev–Trinajstić information content (AvgIpc) is 2.49. The van der Waals surface area contributed by atoms with Crippen LogP contribution in [0.4, 0.5) is 0 Å². The summed E-state index contributed by atoms with van der Waals surface area (Å²) < 4.78 is 6.11. The van der Waals surface area contributed by atoms with Crippen LogP contribution >= 0.6 is 23.2 Å². The second kappa shape index (κ2) is 4.92. The van der Waals surface area contributed by atoms with Crippen LogP contribution in [0.2, 0.25) is 10.0 Å². The molecule has 1 fully saturated rings. The molecule has 1 heterocycles. The molecule has 4 heteroatoms. The zero-order valence-electron chi connectivity index (χ0n) is 11.8. The number of benzene rings is 1. The van der Waals surface area contributed by atoms with E-state index < -0.39 is 0 Å². The Bertz CT molecular complexity index is 485. The first-order valence-corrected chi connectivity index (χ1v) is 7.29. The van der Waals surface area contributed by atoms with E-state index in [-0.39, 0.29) is 23.2 Å². The zero-order chi connectivity index (χ0) is 14.4. The highest BCUT2D eigenvalue weighted by molar-refractivity contribution is 6.42. The molecule has 1 aliphatic rings. The van der Waals surface area contributed by atoms with Gasteiger partial charge in [-0.15, -0.1) is 0 Å². The summed E-state index contributed by atoms with van der Waals surface area (Å²) in [7, 11) is 0. The van der Waals surface area contributed by atoms with Gasteiger partial charge in [0.1, 0.15) is 0 Å². The van der Waals surface area contributed by atoms with Crippen molar-refractivity contribution in [1.29, 1.82) is 0 Å². The molecule has 106 valence electrons. The molecule has 19 heavy (non-hydrogen) atoms. The Morgan fingerprint density at radius 3 is 2.32 bits per heavy atom. The monoisotopic (exact) mass is 301 g/mol. The lowest BCUT2D eigenvalue weighted by Crippen LogP contribution is -2.35. The Labute approximate surface area is 125 Å². The lowest BCUT2D eigenvalue weighted by atomic mass is 9.79. The van der Waals surface area contributed by atoms with Crippen molar-refractivity contribution in [3.8, 4) is 0 Å². The Balaban J connectivity index is 2.28. The number of hydrogen-bond donors (Lipinski definition) is 1. The van der Waals surface area contributed by atoms with Gasteiger partial charge in [-0.05, 0) is 51.8 Å². The fourth-order valence-corrected chi connectivity index (χ4v) is 3.42. The Morgan fingerprint density at radius 2 is 1.84 bits per heavy atom. The summed E-state index contributed by atoms with van der Waals surface area (Å²) in [5.41, 5.74) is 7.06. The molecule has 0 radical (unpaired) electrons. The van der Waals surface area contributed by atoms with Gasteiger partial charge in [0.15, 0.2) is 0 Å². The Kier molecular flexibility index (Phi) is 3.92. The predicted molar refractivity (Wildman–Crippen MR) is 80.7 cm³/mol. The minimum atomic E-state index is -0.241. The van der Waals surface area contributed by atoms with Crippen molar-refractivity contribution in [2.24, 2.45) is 11.7 Å². The summed E-state index contributed by atoms with van der Waals surface area (Å²) in [6, 6.07) is 5.50. The lowest BCUT2D eigenvalue weighted by Gasteiger charge is -2.31. The molecule has 1 aliphatic heterocycles. The van der Waals surface area contributed by atoms with Crippen LogP contribution in [0.15, 0.2) is 18.2 Å². The summed E-state index contributed by atoms with van der Waals surface area (Å²) in [6.07, 6.45) is 0.932. The van der Waals surface area contributed by atoms with Crippen LogP contribution in [0.3, 0.4) is 0 Å². The molecule has 0 bridgehead atoms. The average molecular weight is 302 g/mol. The molecule has 0 aliphatic carbocycles. The first-order chi connectivity index (χ1) is 8.62. The summed E-state index contributed by atoms with van der Waals surface area (Å²) in [4.78, 5) is 0. The zero-order valence-corrected chi connectivity index (χ0v) is 13.3. The van der Waals surface area contributed by atoms with E-state index in [1.165, 1.54) is 0 Å². The summed E-state index contributed by atoms with van der Waals surface area (Å²) in [5, 5.41) is 1.10. The molecule has 1 aromatic carbocycles. The minimum Gasteiger partial charge on any atom is -0.369 e. The first kappa shape index (κ1) is 15.1. The molecule has 2 rings (SSSR count). The molecule has 2 N–H and O–H groups in total. The third-order valence-corrected chi connectivity index (χ3v) is 4.64. The standard InChI is InChI=1S/C15H21Cl2NO/c1-14(2)8-10(15(3,4)19-14)13(18)9-5-6-11(16)12(17)7-9/h5-7,10,13H,8,18H2,1-4H3. The predicted octanol–water partition coefficient (Wildman–Crippen LogP) is 4.59. The van der Waals surface area contributed by atoms with E-state index in [9.17, 15) is 0 Å². The number of ether oxygens (including phenoxy) is 1. The molecule has 2 nitrogen and oxygen atoms in total. The van der Waals surface area contributed by atoms with Gasteiger partial charge < -0.3 is 10.5 Å². The molecule has 1 saturated heterocycles. The molecule has 0 aromatic heterocycles. The second-order valence-corrected chi connectivity index (χ2v) is 7.29. The van der Waals surface area contributed by atoms with E-state index in [0.29, 0.717) is 10.0 Å². The maximum atomic E-state index is 6.43. The van der Waals surface area contributed by atoms with Gasteiger partial charge in [0.05, 0.1) is 21.2 Å². The van der Waals surface area contributed by atoms with Crippen molar-refractivity contribution in [3.63, 3.8) is 0 Å². The van der Waals surface area contributed by atoms with Gasteiger partial charge in [0.2, 0.25) is 0 Å². The van der Waals surface area contributed by atoms with Crippen LogP contribution < -0.4 is 5.73 Å². The van der Waals surface area contributed by atoms with Crippen LogP contribution in [0.25, 0.3) is 0 Å². The van der Waals surface area contributed by atoms with Gasteiger partial charge in [-0.1, -0.05) is 29.3 Å².